The van der Waals surface area contributed by atoms with E-state index in [0.29, 0.717) is 0 Å². The normalized spacial score (nSPS) is 10.6. The van der Waals surface area contributed by atoms with Crippen LogP contribution in [0.15, 0.2) is 41.3 Å². The van der Waals surface area contributed by atoms with Crippen molar-refractivity contribution >= 4 is 34.1 Å². The Morgan fingerprint density at radius 1 is 1.00 bits per heavy atom. The number of fused-ring (bicyclic) bond motifs is 1. The van der Waals surface area contributed by atoms with Crippen LogP contribution in [-0.4, -0.2) is 6.26 Å². The number of rotatable bonds is 1. The van der Waals surface area contributed by atoms with Crippen LogP contribution in [0.25, 0.3) is 10.8 Å². The second-order valence-electron chi connectivity index (χ2n) is 2.86. The largest absolute Gasteiger partial charge is 0.130 e. The van der Waals surface area contributed by atoms with Gasteiger partial charge in [-0.15, -0.1) is 11.8 Å². The number of benzene rings is 2. The number of hydrogen-bond acceptors (Lipinski definition) is 1. The predicted molar refractivity (Wildman–Crippen MR) is 60.7 cm³/mol. The highest BCUT2D eigenvalue weighted by Gasteiger charge is 1.95. The summed E-state index contributed by atoms with van der Waals surface area (Å²) < 4.78 is 0. The first kappa shape index (κ1) is 8.92. The molecule has 0 aliphatic carbocycles. The summed E-state index contributed by atoms with van der Waals surface area (Å²) >= 11 is 7.64. The second kappa shape index (κ2) is 3.60. The third-order valence-corrected chi connectivity index (χ3v) is 2.97. The van der Waals surface area contributed by atoms with Crippen molar-refractivity contribution in [3.8, 4) is 0 Å². The van der Waals surface area contributed by atoms with Gasteiger partial charge in [0, 0.05) is 9.92 Å². The lowest BCUT2D eigenvalue weighted by atomic mass is 10.1. The second-order valence-corrected chi connectivity index (χ2v) is 4.17. The topological polar surface area (TPSA) is 0 Å². The quantitative estimate of drug-likeness (QED) is 0.633. The molecule has 0 amide bonds. The van der Waals surface area contributed by atoms with E-state index in [1.807, 2.05) is 12.1 Å². The lowest BCUT2D eigenvalue weighted by Gasteiger charge is -2.00. The Labute approximate surface area is 86.9 Å². The molecule has 0 fully saturated rings. The Balaban J connectivity index is 2.66. The molecule has 0 bridgehead atoms. The third-order valence-electron chi connectivity index (χ3n) is 2.01. The van der Waals surface area contributed by atoms with Crippen molar-refractivity contribution < 1.29 is 0 Å². The maximum Gasteiger partial charge on any atom is 0.0412 e. The van der Waals surface area contributed by atoms with E-state index in [1.165, 1.54) is 15.7 Å². The molecule has 0 saturated heterocycles. The molecule has 0 nitrogen and oxygen atoms in total. The SMILES string of the molecule is CSc1ccc2cc(Cl)ccc2c1. The van der Waals surface area contributed by atoms with Gasteiger partial charge in [0.15, 0.2) is 0 Å². The molecule has 0 atom stereocenters. The zero-order chi connectivity index (χ0) is 9.26. The number of halogens is 1. The average Bonchev–Trinajstić information content (AvgIpc) is 2.17. The van der Waals surface area contributed by atoms with Crippen molar-refractivity contribution in [1.29, 1.82) is 0 Å². The van der Waals surface area contributed by atoms with Gasteiger partial charge >= 0.3 is 0 Å². The van der Waals surface area contributed by atoms with Gasteiger partial charge in [-0.2, -0.15) is 0 Å². The maximum atomic E-state index is 5.89. The molecular formula is C11H9ClS. The van der Waals surface area contributed by atoms with Crippen LogP contribution >= 0.6 is 23.4 Å². The van der Waals surface area contributed by atoms with Crippen molar-refractivity contribution in [2.75, 3.05) is 6.26 Å². The minimum absolute atomic E-state index is 0.796. The van der Waals surface area contributed by atoms with Crippen molar-refractivity contribution in [3.63, 3.8) is 0 Å². The van der Waals surface area contributed by atoms with Gasteiger partial charge in [0.2, 0.25) is 0 Å². The summed E-state index contributed by atoms with van der Waals surface area (Å²) in [6.07, 6.45) is 2.08. The summed E-state index contributed by atoms with van der Waals surface area (Å²) in [5.74, 6) is 0. The van der Waals surface area contributed by atoms with Gasteiger partial charge in [-0.1, -0.05) is 23.7 Å². The van der Waals surface area contributed by atoms with Crippen molar-refractivity contribution in [3.05, 3.63) is 41.4 Å². The molecule has 2 rings (SSSR count). The maximum absolute atomic E-state index is 5.89. The molecule has 2 aromatic carbocycles. The van der Waals surface area contributed by atoms with Gasteiger partial charge in [0.05, 0.1) is 0 Å². The van der Waals surface area contributed by atoms with E-state index in [2.05, 4.69) is 30.5 Å². The van der Waals surface area contributed by atoms with Gasteiger partial charge in [0.25, 0.3) is 0 Å². The lowest BCUT2D eigenvalue weighted by Crippen LogP contribution is -1.74. The first-order chi connectivity index (χ1) is 6.29. The fourth-order valence-corrected chi connectivity index (χ4v) is 1.95. The molecule has 13 heavy (non-hydrogen) atoms. The average molecular weight is 209 g/mol. The summed E-state index contributed by atoms with van der Waals surface area (Å²) in [6.45, 7) is 0. The Morgan fingerprint density at radius 2 is 1.69 bits per heavy atom. The molecule has 2 aromatic rings. The van der Waals surface area contributed by atoms with Crippen molar-refractivity contribution in [2.45, 2.75) is 4.90 Å². The Bertz CT molecular complexity index is 437. The van der Waals surface area contributed by atoms with E-state index in [0.717, 1.165) is 5.02 Å². The van der Waals surface area contributed by atoms with Gasteiger partial charge in [-0.05, 0) is 41.3 Å². The smallest absolute Gasteiger partial charge is 0.0412 e. The lowest BCUT2D eigenvalue weighted by molar-refractivity contribution is 1.51. The fourth-order valence-electron chi connectivity index (χ4n) is 1.32. The molecule has 0 spiro atoms. The van der Waals surface area contributed by atoms with Crippen LogP contribution < -0.4 is 0 Å². The molecule has 0 heterocycles. The van der Waals surface area contributed by atoms with Crippen LogP contribution in [0.3, 0.4) is 0 Å². The Kier molecular flexibility index (Phi) is 2.47. The van der Waals surface area contributed by atoms with Crippen LogP contribution in [0.5, 0.6) is 0 Å². The van der Waals surface area contributed by atoms with Gasteiger partial charge < -0.3 is 0 Å². The van der Waals surface area contributed by atoms with Gasteiger partial charge in [0.1, 0.15) is 0 Å². The van der Waals surface area contributed by atoms with E-state index in [-0.39, 0.29) is 0 Å². The van der Waals surface area contributed by atoms with Crippen LogP contribution in [-0.2, 0) is 0 Å². The molecule has 0 aliphatic rings. The minimum atomic E-state index is 0.796. The summed E-state index contributed by atoms with van der Waals surface area (Å²) in [7, 11) is 0. The molecule has 0 radical (unpaired) electrons. The van der Waals surface area contributed by atoms with Gasteiger partial charge in [-0.3, -0.25) is 0 Å². The van der Waals surface area contributed by atoms with E-state index in [4.69, 9.17) is 11.6 Å². The molecule has 0 unspecified atom stereocenters. The highest BCUT2D eigenvalue weighted by molar-refractivity contribution is 7.98. The summed E-state index contributed by atoms with van der Waals surface area (Å²) in [6, 6.07) is 12.4. The third kappa shape index (κ3) is 1.82. The van der Waals surface area contributed by atoms with E-state index >= 15 is 0 Å². The standard InChI is InChI=1S/C11H9ClS/c1-13-11-5-3-8-6-10(12)4-2-9(8)7-11/h2-7H,1H3. The highest BCUT2D eigenvalue weighted by Crippen LogP contribution is 2.24. The minimum Gasteiger partial charge on any atom is -0.130 e. The monoisotopic (exact) mass is 208 g/mol. The van der Waals surface area contributed by atoms with E-state index < -0.39 is 0 Å². The first-order valence-electron chi connectivity index (χ1n) is 4.03. The van der Waals surface area contributed by atoms with Crippen LogP contribution in [0.1, 0.15) is 0 Å². The molecule has 0 N–H and O–H groups in total. The zero-order valence-electron chi connectivity index (χ0n) is 7.25. The van der Waals surface area contributed by atoms with E-state index in [1.54, 1.807) is 11.8 Å². The molecule has 0 aliphatic heterocycles. The molecule has 2 heteroatoms. The first-order valence-corrected chi connectivity index (χ1v) is 5.63. The number of hydrogen-bond donors (Lipinski definition) is 0. The van der Waals surface area contributed by atoms with Crippen LogP contribution in [0.4, 0.5) is 0 Å². The summed E-state index contributed by atoms with van der Waals surface area (Å²) in [5, 5.41) is 3.24. The molecular weight excluding hydrogens is 200 g/mol. The highest BCUT2D eigenvalue weighted by atomic mass is 35.5. The summed E-state index contributed by atoms with van der Waals surface area (Å²) in [5.41, 5.74) is 0. The molecule has 0 saturated carbocycles. The Morgan fingerprint density at radius 3 is 2.46 bits per heavy atom. The fraction of sp³-hybridized carbons (Fsp3) is 0.0909. The number of thioether (sulfide) groups is 1. The zero-order valence-corrected chi connectivity index (χ0v) is 8.82. The molecule has 0 aromatic heterocycles. The summed E-state index contributed by atoms with van der Waals surface area (Å²) in [4.78, 5) is 1.29. The van der Waals surface area contributed by atoms with Crippen LogP contribution in [0.2, 0.25) is 5.02 Å². The Hall–Kier alpha value is -0.660. The predicted octanol–water partition coefficient (Wildman–Crippen LogP) is 4.22. The van der Waals surface area contributed by atoms with Crippen LogP contribution in [0, 0.1) is 0 Å². The van der Waals surface area contributed by atoms with Crippen molar-refractivity contribution in [2.24, 2.45) is 0 Å². The van der Waals surface area contributed by atoms with Gasteiger partial charge in [-0.25, -0.2) is 0 Å². The molecule has 66 valence electrons. The van der Waals surface area contributed by atoms with E-state index in [9.17, 15) is 0 Å². The van der Waals surface area contributed by atoms with Crippen molar-refractivity contribution in [1.82, 2.24) is 0 Å².